The fourth-order valence-electron chi connectivity index (χ4n) is 1.91. The van der Waals surface area contributed by atoms with Gasteiger partial charge in [0.2, 0.25) is 0 Å². The monoisotopic (exact) mass is 366 g/mol. The summed E-state index contributed by atoms with van der Waals surface area (Å²) in [5.41, 5.74) is 0.108. The number of carbonyl (C=O) groups excluding carboxylic acids is 4. The van der Waals surface area contributed by atoms with E-state index >= 15 is 0 Å². The van der Waals surface area contributed by atoms with Gasteiger partial charge in [-0.25, -0.2) is 9.59 Å². The maximum atomic E-state index is 12.3. The molecule has 0 aliphatic carbocycles. The van der Waals surface area contributed by atoms with Crippen molar-refractivity contribution >= 4 is 23.9 Å². The van der Waals surface area contributed by atoms with Gasteiger partial charge in [0.15, 0.2) is 0 Å². The molecule has 0 saturated carbocycles. The minimum absolute atomic E-state index is 0.0486. The molecule has 1 unspecified atom stereocenters. The number of hydrogen-bond donors (Lipinski definition) is 0. The van der Waals surface area contributed by atoms with Gasteiger partial charge in [0.05, 0.1) is 17.7 Å². The molecule has 8 nitrogen and oxygen atoms in total. The number of carbonyl (C=O) groups is 4. The molecule has 1 aromatic rings. The van der Waals surface area contributed by atoms with Gasteiger partial charge in [-0.3, -0.25) is 9.59 Å². The number of rotatable bonds is 9. The van der Waals surface area contributed by atoms with E-state index in [1.807, 2.05) is 0 Å². The Labute approximate surface area is 151 Å². The average molecular weight is 366 g/mol. The molecule has 0 aliphatic rings. The highest BCUT2D eigenvalue weighted by Crippen LogP contribution is 2.14. The van der Waals surface area contributed by atoms with Gasteiger partial charge >= 0.3 is 23.9 Å². The standard InChI is InChI=1S/C18H22O8/c1-12(8-9-23-13(2)19)26-18(22)16-7-5-4-6-15(16)17(21)25-11-10-24-14(3)20/h4-7,12H,8-11H2,1-3H3. The molecular weight excluding hydrogens is 344 g/mol. The van der Waals surface area contributed by atoms with Gasteiger partial charge in [0.1, 0.15) is 19.3 Å². The zero-order valence-corrected chi connectivity index (χ0v) is 15.0. The molecule has 0 saturated heterocycles. The van der Waals surface area contributed by atoms with E-state index in [-0.39, 0.29) is 30.9 Å². The van der Waals surface area contributed by atoms with E-state index in [0.29, 0.717) is 6.42 Å². The summed E-state index contributed by atoms with van der Waals surface area (Å²) in [6, 6.07) is 6.07. The van der Waals surface area contributed by atoms with Crippen LogP contribution in [0.15, 0.2) is 24.3 Å². The summed E-state index contributed by atoms with van der Waals surface area (Å²) in [6.07, 6.45) is -0.171. The Morgan fingerprint density at radius 1 is 0.808 bits per heavy atom. The van der Waals surface area contributed by atoms with E-state index in [0.717, 1.165) is 0 Å². The first kappa shape index (κ1) is 21.1. The Hall–Kier alpha value is -2.90. The number of esters is 4. The van der Waals surface area contributed by atoms with Crippen LogP contribution < -0.4 is 0 Å². The third-order valence-corrected chi connectivity index (χ3v) is 3.13. The van der Waals surface area contributed by atoms with Crippen LogP contribution in [0, 0.1) is 0 Å². The van der Waals surface area contributed by atoms with Gasteiger partial charge in [-0.2, -0.15) is 0 Å². The van der Waals surface area contributed by atoms with E-state index in [1.165, 1.54) is 26.0 Å². The smallest absolute Gasteiger partial charge is 0.339 e. The van der Waals surface area contributed by atoms with E-state index in [4.69, 9.17) is 14.2 Å². The van der Waals surface area contributed by atoms with Crippen LogP contribution >= 0.6 is 0 Å². The molecule has 0 aliphatic heterocycles. The molecule has 1 rings (SSSR count). The molecule has 0 spiro atoms. The van der Waals surface area contributed by atoms with Crippen LogP contribution in [-0.4, -0.2) is 49.8 Å². The fourth-order valence-corrected chi connectivity index (χ4v) is 1.91. The third kappa shape index (κ3) is 7.78. The Morgan fingerprint density at radius 3 is 1.88 bits per heavy atom. The zero-order valence-electron chi connectivity index (χ0n) is 15.0. The quantitative estimate of drug-likeness (QED) is 0.371. The zero-order chi connectivity index (χ0) is 19.5. The second kappa shape index (κ2) is 10.9. The average Bonchev–Trinajstić information content (AvgIpc) is 2.58. The molecule has 0 amide bonds. The van der Waals surface area contributed by atoms with Gasteiger partial charge in [-0.05, 0) is 19.1 Å². The lowest BCUT2D eigenvalue weighted by Gasteiger charge is -2.14. The lowest BCUT2D eigenvalue weighted by Crippen LogP contribution is -2.21. The van der Waals surface area contributed by atoms with Crippen LogP contribution in [0.5, 0.6) is 0 Å². The Balaban J connectivity index is 2.63. The van der Waals surface area contributed by atoms with Crippen molar-refractivity contribution < 1.29 is 38.1 Å². The van der Waals surface area contributed by atoms with Gasteiger partial charge in [-0.15, -0.1) is 0 Å². The lowest BCUT2D eigenvalue weighted by molar-refractivity contribution is -0.142. The summed E-state index contributed by atoms with van der Waals surface area (Å²) >= 11 is 0. The Bertz CT molecular complexity index is 652. The number of benzene rings is 1. The van der Waals surface area contributed by atoms with E-state index in [1.54, 1.807) is 19.1 Å². The molecule has 0 radical (unpaired) electrons. The predicted molar refractivity (Wildman–Crippen MR) is 89.5 cm³/mol. The van der Waals surface area contributed by atoms with Crippen molar-refractivity contribution in [2.24, 2.45) is 0 Å². The molecule has 26 heavy (non-hydrogen) atoms. The van der Waals surface area contributed by atoms with Crippen LogP contribution in [0.3, 0.4) is 0 Å². The van der Waals surface area contributed by atoms with Crippen molar-refractivity contribution in [2.75, 3.05) is 19.8 Å². The van der Waals surface area contributed by atoms with E-state index in [9.17, 15) is 19.2 Å². The second-order valence-corrected chi connectivity index (χ2v) is 5.37. The highest BCUT2D eigenvalue weighted by molar-refractivity contribution is 6.03. The molecule has 142 valence electrons. The van der Waals surface area contributed by atoms with Crippen molar-refractivity contribution in [3.63, 3.8) is 0 Å². The summed E-state index contributed by atoms with van der Waals surface area (Å²) in [7, 11) is 0. The predicted octanol–water partition coefficient (Wildman–Crippen LogP) is 1.91. The van der Waals surface area contributed by atoms with Crippen LogP contribution in [0.1, 0.15) is 47.9 Å². The topological polar surface area (TPSA) is 105 Å². The van der Waals surface area contributed by atoms with Crippen molar-refractivity contribution in [3.8, 4) is 0 Å². The number of ether oxygens (including phenoxy) is 4. The van der Waals surface area contributed by atoms with Crippen molar-refractivity contribution in [1.82, 2.24) is 0 Å². The maximum absolute atomic E-state index is 12.3. The molecule has 1 aromatic carbocycles. The van der Waals surface area contributed by atoms with Crippen molar-refractivity contribution in [1.29, 1.82) is 0 Å². The minimum atomic E-state index is -0.725. The molecular formula is C18H22O8. The molecule has 0 heterocycles. The minimum Gasteiger partial charge on any atom is -0.466 e. The Kier molecular flexibility index (Phi) is 8.83. The first-order valence-electron chi connectivity index (χ1n) is 8.05. The summed E-state index contributed by atoms with van der Waals surface area (Å²) < 4.78 is 19.7. The highest BCUT2D eigenvalue weighted by Gasteiger charge is 2.20. The van der Waals surface area contributed by atoms with Crippen molar-refractivity contribution in [3.05, 3.63) is 35.4 Å². The molecule has 8 heteroatoms. The molecule has 0 aromatic heterocycles. The van der Waals surface area contributed by atoms with Gasteiger partial charge in [0.25, 0.3) is 0 Å². The maximum Gasteiger partial charge on any atom is 0.339 e. The van der Waals surface area contributed by atoms with Gasteiger partial charge in [0, 0.05) is 20.3 Å². The first-order valence-corrected chi connectivity index (χ1v) is 8.05. The SMILES string of the molecule is CC(=O)OCCOC(=O)c1ccccc1C(=O)OC(C)CCOC(C)=O. The summed E-state index contributed by atoms with van der Waals surface area (Å²) in [4.78, 5) is 45.8. The summed E-state index contributed by atoms with van der Waals surface area (Å²) in [5, 5.41) is 0. The third-order valence-electron chi connectivity index (χ3n) is 3.13. The van der Waals surface area contributed by atoms with E-state index in [2.05, 4.69) is 4.74 Å². The van der Waals surface area contributed by atoms with Crippen LogP contribution in [0.2, 0.25) is 0 Å². The highest BCUT2D eigenvalue weighted by atomic mass is 16.6. The van der Waals surface area contributed by atoms with Crippen LogP contribution in [0.25, 0.3) is 0 Å². The summed E-state index contributed by atoms with van der Waals surface area (Å²) in [6.45, 7) is 4.13. The number of hydrogen-bond acceptors (Lipinski definition) is 8. The molecule has 0 bridgehead atoms. The molecule has 0 fully saturated rings. The Morgan fingerprint density at radius 2 is 1.31 bits per heavy atom. The largest absolute Gasteiger partial charge is 0.466 e. The van der Waals surface area contributed by atoms with Gasteiger partial charge in [-0.1, -0.05) is 12.1 Å². The normalized spacial score (nSPS) is 11.2. The van der Waals surface area contributed by atoms with Crippen LogP contribution in [-0.2, 0) is 28.5 Å². The second-order valence-electron chi connectivity index (χ2n) is 5.37. The first-order chi connectivity index (χ1) is 12.3. The lowest BCUT2D eigenvalue weighted by atomic mass is 10.1. The van der Waals surface area contributed by atoms with E-state index < -0.39 is 30.0 Å². The van der Waals surface area contributed by atoms with Crippen LogP contribution in [0.4, 0.5) is 0 Å². The van der Waals surface area contributed by atoms with Crippen molar-refractivity contribution in [2.45, 2.75) is 33.3 Å². The summed E-state index contributed by atoms with van der Waals surface area (Å²) in [5.74, 6) is -2.30. The van der Waals surface area contributed by atoms with Gasteiger partial charge < -0.3 is 18.9 Å². The molecule has 0 N–H and O–H groups in total. The molecule has 1 atom stereocenters. The fraction of sp³-hybridized carbons (Fsp3) is 0.444.